The molecule has 1 N–H and O–H groups in total. The maximum Gasteiger partial charge on any atom is 0.336 e. The molecule has 5 nitrogen and oxygen atoms in total. The van der Waals surface area contributed by atoms with E-state index in [2.05, 4.69) is 20.9 Å². The maximum absolute atomic E-state index is 13.2. The van der Waals surface area contributed by atoms with Crippen molar-refractivity contribution in [3.8, 4) is 0 Å². The summed E-state index contributed by atoms with van der Waals surface area (Å²) >= 11 is 3.33. The molecule has 136 valence electrons. The Hall–Kier alpha value is -2.21. The minimum absolute atomic E-state index is 0.156. The Bertz CT molecular complexity index is 803. The van der Waals surface area contributed by atoms with Crippen molar-refractivity contribution in [1.29, 1.82) is 0 Å². The smallest absolute Gasteiger partial charge is 0.336 e. The second kappa shape index (κ2) is 7.99. The van der Waals surface area contributed by atoms with Gasteiger partial charge in [0, 0.05) is 17.2 Å². The first-order chi connectivity index (χ1) is 12.5. The second-order valence-electron chi connectivity index (χ2n) is 6.58. The van der Waals surface area contributed by atoms with E-state index in [1.165, 1.54) is 0 Å². The Labute approximate surface area is 161 Å². The Morgan fingerprint density at radius 3 is 2.58 bits per heavy atom. The van der Waals surface area contributed by atoms with Gasteiger partial charge in [0.1, 0.15) is 5.69 Å². The topological polar surface area (TPSA) is 70.5 Å². The van der Waals surface area contributed by atoms with Crippen molar-refractivity contribution in [2.45, 2.75) is 32.2 Å². The summed E-state index contributed by atoms with van der Waals surface area (Å²) in [4.78, 5) is 30.9. The standard InChI is InChI=1S/C20H21BrN2O3/c1-2-18(15-5-3-4-6-16(15)20(25)26)23(12-13-7-8-13)19(24)17-10-9-14(21)11-22-17/h3-6,9-11,13,18H,2,7-8,12H2,1H3,(H,25,26). The normalized spacial score (nSPS) is 14.7. The van der Waals surface area contributed by atoms with Gasteiger partial charge in [0.2, 0.25) is 0 Å². The van der Waals surface area contributed by atoms with E-state index in [1.54, 1.807) is 41.4 Å². The van der Waals surface area contributed by atoms with Gasteiger partial charge < -0.3 is 10.0 Å². The van der Waals surface area contributed by atoms with Crippen molar-refractivity contribution < 1.29 is 14.7 Å². The molecular formula is C20H21BrN2O3. The van der Waals surface area contributed by atoms with Gasteiger partial charge in [-0.1, -0.05) is 25.1 Å². The van der Waals surface area contributed by atoms with Crippen LogP contribution in [0.3, 0.4) is 0 Å². The molecule has 1 aliphatic carbocycles. The van der Waals surface area contributed by atoms with Gasteiger partial charge in [-0.2, -0.15) is 0 Å². The Morgan fingerprint density at radius 1 is 1.27 bits per heavy atom. The van der Waals surface area contributed by atoms with E-state index in [-0.39, 0.29) is 17.5 Å². The lowest BCUT2D eigenvalue weighted by Crippen LogP contribution is -2.37. The third kappa shape index (κ3) is 4.12. The molecule has 26 heavy (non-hydrogen) atoms. The van der Waals surface area contributed by atoms with Crippen LogP contribution in [0.25, 0.3) is 0 Å². The van der Waals surface area contributed by atoms with Crippen LogP contribution in [0.5, 0.6) is 0 Å². The molecule has 0 bridgehead atoms. The van der Waals surface area contributed by atoms with Gasteiger partial charge in [0.05, 0.1) is 11.6 Å². The largest absolute Gasteiger partial charge is 0.478 e. The fourth-order valence-corrected chi connectivity index (χ4v) is 3.40. The number of carbonyl (C=O) groups is 2. The minimum Gasteiger partial charge on any atom is -0.478 e. The molecule has 1 atom stereocenters. The lowest BCUT2D eigenvalue weighted by molar-refractivity contribution is 0.0632. The second-order valence-corrected chi connectivity index (χ2v) is 7.49. The van der Waals surface area contributed by atoms with Gasteiger partial charge in [-0.05, 0) is 64.9 Å². The summed E-state index contributed by atoms with van der Waals surface area (Å²) in [5.74, 6) is -0.642. The average Bonchev–Trinajstić information content (AvgIpc) is 3.46. The summed E-state index contributed by atoms with van der Waals surface area (Å²) in [5.41, 5.74) is 1.30. The number of amides is 1. The SMILES string of the molecule is CCC(c1ccccc1C(=O)O)N(CC1CC1)C(=O)c1ccc(Br)cn1. The van der Waals surface area contributed by atoms with Crippen LogP contribution in [-0.2, 0) is 0 Å². The van der Waals surface area contributed by atoms with Gasteiger partial charge in [0.25, 0.3) is 5.91 Å². The number of carbonyl (C=O) groups excluding carboxylic acids is 1. The molecule has 0 radical (unpaired) electrons. The number of nitrogens with zero attached hydrogens (tertiary/aromatic N) is 2. The summed E-state index contributed by atoms with van der Waals surface area (Å²) in [5, 5.41) is 9.55. The lowest BCUT2D eigenvalue weighted by atomic mass is 9.96. The number of rotatable bonds is 7. The van der Waals surface area contributed by atoms with Crippen LogP contribution in [0.2, 0.25) is 0 Å². The zero-order valence-corrected chi connectivity index (χ0v) is 16.1. The van der Waals surface area contributed by atoms with Crippen molar-refractivity contribution in [2.24, 2.45) is 5.92 Å². The van der Waals surface area contributed by atoms with E-state index in [0.717, 1.165) is 17.3 Å². The number of hydrogen-bond donors (Lipinski definition) is 1. The van der Waals surface area contributed by atoms with Crippen LogP contribution in [0.1, 0.15) is 58.6 Å². The molecule has 1 aromatic heterocycles. The Balaban J connectivity index is 1.98. The molecule has 0 aliphatic heterocycles. The molecule has 1 unspecified atom stereocenters. The van der Waals surface area contributed by atoms with E-state index in [4.69, 9.17) is 0 Å². The van der Waals surface area contributed by atoms with Gasteiger partial charge >= 0.3 is 5.97 Å². The van der Waals surface area contributed by atoms with Gasteiger partial charge in [0.15, 0.2) is 0 Å². The Morgan fingerprint density at radius 2 is 2.00 bits per heavy atom. The zero-order valence-electron chi connectivity index (χ0n) is 14.6. The summed E-state index contributed by atoms with van der Waals surface area (Å²) in [7, 11) is 0. The molecule has 3 rings (SSSR count). The third-order valence-electron chi connectivity index (χ3n) is 4.67. The highest BCUT2D eigenvalue weighted by Gasteiger charge is 2.33. The molecule has 1 aliphatic rings. The van der Waals surface area contributed by atoms with Crippen LogP contribution in [0.4, 0.5) is 0 Å². The van der Waals surface area contributed by atoms with Crippen molar-refractivity contribution >= 4 is 27.8 Å². The van der Waals surface area contributed by atoms with E-state index in [1.807, 2.05) is 13.0 Å². The number of carboxylic acids is 1. The van der Waals surface area contributed by atoms with Crippen molar-refractivity contribution in [3.63, 3.8) is 0 Å². The molecule has 6 heteroatoms. The van der Waals surface area contributed by atoms with E-state index in [9.17, 15) is 14.7 Å². The van der Waals surface area contributed by atoms with Gasteiger partial charge in [-0.15, -0.1) is 0 Å². The average molecular weight is 417 g/mol. The highest BCUT2D eigenvalue weighted by atomic mass is 79.9. The predicted molar refractivity (Wildman–Crippen MR) is 102 cm³/mol. The highest BCUT2D eigenvalue weighted by molar-refractivity contribution is 9.10. The first kappa shape index (κ1) is 18.6. The highest BCUT2D eigenvalue weighted by Crippen LogP contribution is 2.35. The fourth-order valence-electron chi connectivity index (χ4n) is 3.17. The monoisotopic (exact) mass is 416 g/mol. The van der Waals surface area contributed by atoms with Crippen molar-refractivity contribution in [3.05, 3.63) is 63.9 Å². The molecule has 0 saturated heterocycles. The maximum atomic E-state index is 13.2. The number of benzene rings is 1. The number of pyridine rings is 1. The zero-order chi connectivity index (χ0) is 18.7. The molecule has 1 aromatic carbocycles. The summed E-state index contributed by atoms with van der Waals surface area (Å²) in [6.07, 6.45) is 4.46. The van der Waals surface area contributed by atoms with Crippen LogP contribution in [-0.4, -0.2) is 33.4 Å². The third-order valence-corrected chi connectivity index (χ3v) is 5.14. The summed E-state index contributed by atoms with van der Waals surface area (Å²) in [6.45, 7) is 2.61. The van der Waals surface area contributed by atoms with E-state index in [0.29, 0.717) is 30.1 Å². The van der Waals surface area contributed by atoms with Crippen LogP contribution in [0.15, 0.2) is 47.1 Å². The van der Waals surface area contributed by atoms with Gasteiger partial charge in [-0.3, -0.25) is 4.79 Å². The van der Waals surface area contributed by atoms with Crippen molar-refractivity contribution in [1.82, 2.24) is 9.88 Å². The van der Waals surface area contributed by atoms with Gasteiger partial charge in [-0.25, -0.2) is 9.78 Å². The number of aromatic carboxylic acids is 1. The van der Waals surface area contributed by atoms with Crippen LogP contribution in [0, 0.1) is 5.92 Å². The molecule has 2 aromatic rings. The number of aromatic nitrogens is 1. The van der Waals surface area contributed by atoms with E-state index >= 15 is 0 Å². The summed E-state index contributed by atoms with van der Waals surface area (Å²) in [6, 6.07) is 10.1. The predicted octanol–water partition coefficient (Wildman–Crippen LogP) is 4.55. The molecular weight excluding hydrogens is 396 g/mol. The lowest BCUT2D eigenvalue weighted by Gasteiger charge is -2.32. The number of hydrogen-bond acceptors (Lipinski definition) is 3. The summed E-state index contributed by atoms with van der Waals surface area (Å²) < 4.78 is 0.811. The van der Waals surface area contributed by atoms with E-state index < -0.39 is 5.97 Å². The van der Waals surface area contributed by atoms with Crippen molar-refractivity contribution in [2.75, 3.05) is 6.54 Å². The van der Waals surface area contributed by atoms with Crippen LogP contribution >= 0.6 is 15.9 Å². The number of halogens is 1. The first-order valence-corrected chi connectivity index (χ1v) is 9.55. The molecule has 0 spiro atoms. The molecule has 1 saturated carbocycles. The van der Waals surface area contributed by atoms with Crippen LogP contribution < -0.4 is 0 Å². The molecule has 1 amide bonds. The minimum atomic E-state index is -0.973. The molecule has 1 fully saturated rings. The molecule has 1 heterocycles. The Kier molecular flexibility index (Phi) is 5.71. The first-order valence-electron chi connectivity index (χ1n) is 8.76. The quantitative estimate of drug-likeness (QED) is 0.718. The fraction of sp³-hybridized carbons (Fsp3) is 0.350. The number of carboxylic acid groups (broad SMARTS) is 1.